The van der Waals surface area contributed by atoms with Crippen LogP contribution >= 0.6 is 0 Å². The van der Waals surface area contributed by atoms with Gasteiger partial charge in [0.15, 0.2) is 0 Å². The van der Waals surface area contributed by atoms with Crippen LogP contribution in [0.15, 0.2) is 42.5 Å². The number of anilines is 2. The number of fused-ring (bicyclic) bond motifs is 1. The number of methoxy groups -OCH3 is 1. The Bertz CT molecular complexity index is 819. The molecule has 0 fully saturated rings. The van der Waals surface area contributed by atoms with Gasteiger partial charge in [-0.05, 0) is 29.3 Å². The van der Waals surface area contributed by atoms with Crippen LogP contribution < -0.4 is 10.2 Å². The van der Waals surface area contributed by atoms with Gasteiger partial charge in [-0.3, -0.25) is 9.59 Å². The molecule has 0 atom stereocenters. The molecular formula is C20H22N2O4. The molecule has 1 aliphatic rings. The summed E-state index contributed by atoms with van der Waals surface area (Å²) in [7, 11) is 1.61. The average molecular weight is 354 g/mol. The Morgan fingerprint density at radius 2 is 2.00 bits per heavy atom. The Hall–Kier alpha value is -2.70. The highest BCUT2D eigenvalue weighted by molar-refractivity contribution is 5.96. The van der Waals surface area contributed by atoms with E-state index in [-0.39, 0.29) is 18.4 Å². The molecule has 3 rings (SSSR count). The number of amides is 2. The lowest BCUT2D eigenvalue weighted by Crippen LogP contribution is -2.35. The van der Waals surface area contributed by atoms with Crippen LogP contribution in [-0.4, -0.2) is 38.7 Å². The second-order valence-electron chi connectivity index (χ2n) is 6.14. The first-order valence-corrected chi connectivity index (χ1v) is 8.46. The predicted molar refractivity (Wildman–Crippen MR) is 100 cm³/mol. The van der Waals surface area contributed by atoms with Crippen molar-refractivity contribution in [3.63, 3.8) is 0 Å². The number of hydrogen-bond donors (Lipinski definition) is 1. The summed E-state index contributed by atoms with van der Waals surface area (Å²) < 4.78 is 10.6. The van der Waals surface area contributed by atoms with Crippen LogP contribution in [0.1, 0.15) is 12.5 Å². The van der Waals surface area contributed by atoms with E-state index in [4.69, 9.17) is 9.47 Å². The molecule has 136 valence electrons. The van der Waals surface area contributed by atoms with Crippen molar-refractivity contribution in [2.24, 2.45) is 0 Å². The van der Waals surface area contributed by atoms with Crippen molar-refractivity contribution in [2.45, 2.75) is 13.5 Å². The molecule has 1 heterocycles. The Morgan fingerprint density at radius 3 is 2.77 bits per heavy atom. The number of nitrogens with zero attached hydrogens (tertiary/aromatic N) is 1. The summed E-state index contributed by atoms with van der Waals surface area (Å²) >= 11 is 0. The summed E-state index contributed by atoms with van der Waals surface area (Å²) in [5.41, 5.74) is 4.47. The lowest BCUT2D eigenvalue weighted by atomic mass is 10.0. The lowest BCUT2D eigenvalue weighted by molar-refractivity contribution is -0.123. The minimum atomic E-state index is -0.113. The molecule has 2 aromatic carbocycles. The number of ether oxygens (including phenoxy) is 2. The molecule has 0 aliphatic carbocycles. The normalized spacial score (nSPS) is 13.9. The zero-order valence-corrected chi connectivity index (χ0v) is 15.0. The van der Waals surface area contributed by atoms with Crippen LogP contribution in [0.3, 0.4) is 0 Å². The molecule has 26 heavy (non-hydrogen) atoms. The smallest absolute Gasteiger partial charge is 0.253 e. The van der Waals surface area contributed by atoms with Crippen molar-refractivity contribution in [3.05, 3.63) is 48.0 Å². The third-order valence-corrected chi connectivity index (χ3v) is 4.20. The molecule has 0 saturated heterocycles. The summed E-state index contributed by atoms with van der Waals surface area (Å²) in [5, 5.41) is 2.79. The Morgan fingerprint density at radius 1 is 1.19 bits per heavy atom. The van der Waals surface area contributed by atoms with E-state index in [0.29, 0.717) is 19.8 Å². The fourth-order valence-electron chi connectivity index (χ4n) is 2.98. The van der Waals surface area contributed by atoms with Crippen LogP contribution in [-0.2, 0) is 25.7 Å². The number of nitrogens with one attached hydrogen (secondary N) is 1. The Balaban J connectivity index is 1.98. The standard InChI is InChI=1S/C20H22N2O4/c1-14(23)21-18-5-3-4-15(10-18)16-6-7-17-12-26-13-20(24)22(8-9-25-2)19(17)11-16/h3-7,10-11H,8-9,12-13H2,1-2H3,(H,21,23). The topological polar surface area (TPSA) is 67.9 Å². The highest BCUT2D eigenvalue weighted by Gasteiger charge is 2.23. The van der Waals surface area contributed by atoms with Crippen molar-refractivity contribution >= 4 is 23.2 Å². The summed E-state index contributed by atoms with van der Waals surface area (Å²) in [6.07, 6.45) is 0. The maximum absolute atomic E-state index is 12.4. The fraction of sp³-hybridized carbons (Fsp3) is 0.300. The zero-order chi connectivity index (χ0) is 18.5. The second kappa shape index (κ2) is 8.12. The lowest BCUT2D eigenvalue weighted by Gasteiger charge is -2.23. The van der Waals surface area contributed by atoms with Gasteiger partial charge in [0, 0.05) is 37.5 Å². The molecular weight excluding hydrogens is 332 g/mol. The van der Waals surface area contributed by atoms with Gasteiger partial charge in [0.1, 0.15) is 6.61 Å². The first-order valence-electron chi connectivity index (χ1n) is 8.46. The van der Waals surface area contributed by atoms with Crippen molar-refractivity contribution in [1.82, 2.24) is 0 Å². The molecule has 0 radical (unpaired) electrons. The van der Waals surface area contributed by atoms with E-state index in [1.54, 1.807) is 12.0 Å². The molecule has 6 nitrogen and oxygen atoms in total. The van der Waals surface area contributed by atoms with Gasteiger partial charge in [-0.25, -0.2) is 0 Å². The molecule has 1 N–H and O–H groups in total. The maximum Gasteiger partial charge on any atom is 0.253 e. The molecule has 0 aromatic heterocycles. The number of benzene rings is 2. The van der Waals surface area contributed by atoms with Crippen LogP contribution in [0, 0.1) is 0 Å². The highest BCUT2D eigenvalue weighted by Crippen LogP contribution is 2.31. The molecule has 2 amide bonds. The number of rotatable bonds is 5. The van der Waals surface area contributed by atoms with Gasteiger partial charge < -0.3 is 19.7 Å². The maximum atomic E-state index is 12.4. The van der Waals surface area contributed by atoms with Crippen molar-refractivity contribution in [3.8, 4) is 11.1 Å². The number of carbonyl (C=O) groups excluding carboxylic acids is 2. The molecule has 0 bridgehead atoms. The summed E-state index contributed by atoms with van der Waals surface area (Å²) in [4.78, 5) is 25.4. The van der Waals surface area contributed by atoms with E-state index in [1.165, 1.54) is 6.92 Å². The van der Waals surface area contributed by atoms with Gasteiger partial charge in [-0.2, -0.15) is 0 Å². The SMILES string of the molecule is COCCN1C(=O)COCc2ccc(-c3cccc(NC(C)=O)c3)cc21. The minimum absolute atomic E-state index is 0.0613. The fourth-order valence-corrected chi connectivity index (χ4v) is 2.98. The van der Waals surface area contributed by atoms with Gasteiger partial charge in [0.05, 0.1) is 13.2 Å². The van der Waals surface area contributed by atoms with Gasteiger partial charge in [0.2, 0.25) is 5.91 Å². The quantitative estimate of drug-likeness (QED) is 0.897. The van der Waals surface area contributed by atoms with Crippen molar-refractivity contribution in [2.75, 3.05) is 37.1 Å². The van der Waals surface area contributed by atoms with Crippen LogP contribution in [0.4, 0.5) is 11.4 Å². The second-order valence-corrected chi connectivity index (χ2v) is 6.14. The van der Waals surface area contributed by atoms with Gasteiger partial charge in [-0.15, -0.1) is 0 Å². The molecule has 1 aliphatic heterocycles. The zero-order valence-electron chi connectivity index (χ0n) is 15.0. The Labute approximate surface area is 152 Å². The first kappa shape index (κ1) is 18.1. The largest absolute Gasteiger partial charge is 0.383 e. The van der Waals surface area contributed by atoms with E-state index in [9.17, 15) is 9.59 Å². The molecule has 0 spiro atoms. The van der Waals surface area contributed by atoms with Crippen LogP contribution in [0.5, 0.6) is 0 Å². The third-order valence-electron chi connectivity index (χ3n) is 4.20. The van der Waals surface area contributed by atoms with Gasteiger partial charge in [0.25, 0.3) is 5.91 Å². The molecule has 0 unspecified atom stereocenters. The highest BCUT2D eigenvalue weighted by atomic mass is 16.5. The molecule has 2 aromatic rings. The monoisotopic (exact) mass is 354 g/mol. The Kier molecular flexibility index (Phi) is 5.65. The van der Waals surface area contributed by atoms with E-state index in [2.05, 4.69) is 5.32 Å². The summed E-state index contributed by atoms with van der Waals surface area (Å²) in [6, 6.07) is 13.6. The van der Waals surface area contributed by atoms with Crippen molar-refractivity contribution in [1.29, 1.82) is 0 Å². The van der Waals surface area contributed by atoms with Gasteiger partial charge in [-0.1, -0.05) is 24.3 Å². The molecule has 0 saturated carbocycles. The van der Waals surface area contributed by atoms with Crippen LogP contribution in [0.25, 0.3) is 11.1 Å². The summed E-state index contributed by atoms with van der Waals surface area (Å²) in [6.45, 7) is 2.87. The van der Waals surface area contributed by atoms with Gasteiger partial charge >= 0.3 is 0 Å². The van der Waals surface area contributed by atoms with E-state index in [1.807, 2.05) is 42.5 Å². The third kappa shape index (κ3) is 4.09. The van der Waals surface area contributed by atoms with E-state index >= 15 is 0 Å². The van der Waals surface area contributed by atoms with E-state index in [0.717, 1.165) is 28.1 Å². The average Bonchev–Trinajstić information content (AvgIpc) is 2.77. The van der Waals surface area contributed by atoms with Crippen LogP contribution in [0.2, 0.25) is 0 Å². The number of carbonyl (C=O) groups is 2. The minimum Gasteiger partial charge on any atom is -0.383 e. The summed E-state index contributed by atoms with van der Waals surface area (Å²) in [5.74, 6) is -0.192. The van der Waals surface area contributed by atoms with Crippen molar-refractivity contribution < 1.29 is 19.1 Å². The van der Waals surface area contributed by atoms with E-state index < -0.39 is 0 Å². The molecule has 6 heteroatoms. The number of hydrogen-bond acceptors (Lipinski definition) is 4. The first-order chi connectivity index (χ1) is 12.6. The predicted octanol–water partition coefficient (Wildman–Crippen LogP) is 2.82.